The van der Waals surface area contributed by atoms with E-state index in [4.69, 9.17) is 13.8 Å². The highest BCUT2D eigenvalue weighted by Crippen LogP contribution is 2.54. The van der Waals surface area contributed by atoms with Crippen LogP contribution in [0.3, 0.4) is 0 Å². The van der Waals surface area contributed by atoms with E-state index in [0.29, 0.717) is 5.89 Å². The van der Waals surface area contributed by atoms with E-state index in [0.717, 1.165) is 55.7 Å². The fraction of sp³-hybridized carbons (Fsp3) is 0.122. The zero-order valence-electron chi connectivity index (χ0n) is 30.1. The van der Waals surface area contributed by atoms with Gasteiger partial charge in [0.05, 0.1) is 5.69 Å². The maximum atomic E-state index is 6.88. The second kappa shape index (κ2) is 10.6. The molecule has 7 aromatic carbocycles. The van der Waals surface area contributed by atoms with Gasteiger partial charge in [-0.15, -0.1) is 0 Å². The second-order valence-electron chi connectivity index (χ2n) is 15.6. The van der Waals surface area contributed by atoms with Gasteiger partial charge >= 0.3 is 0 Å². The molecule has 0 radical (unpaired) electrons. The van der Waals surface area contributed by atoms with E-state index < -0.39 is 0 Å². The third-order valence-corrected chi connectivity index (χ3v) is 11.9. The summed E-state index contributed by atoms with van der Waals surface area (Å²) in [5, 5.41) is 2.03. The van der Waals surface area contributed by atoms with Gasteiger partial charge in [0.2, 0.25) is 5.89 Å². The van der Waals surface area contributed by atoms with Gasteiger partial charge in [-0.2, -0.15) is 0 Å². The lowest BCUT2D eigenvalue weighted by Crippen LogP contribution is -2.18. The molecule has 2 aromatic heterocycles. The molecule has 2 heterocycles. The lowest BCUT2D eigenvalue weighted by atomic mass is 9.82. The molecule has 0 spiro atoms. The molecule has 0 N–H and O–H groups in total. The number of furan rings is 1. The van der Waals surface area contributed by atoms with Crippen molar-refractivity contribution in [2.45, 2.75) is 38.5 Å². The lowest BCUT2D eigenvalue weighted by Gasteiger charge is -2.29. The van der Waals surface area contributed by atoms with Crippen molar-refractivity contribution in [3.8, 4) is 33.7 Å². The molecular weight excluding hydrogens is 649 g/mol. The molecule has 0 amide bonds. The molecule has 2 aliphatic carbocycles. The number of hydrogen-bond donors (Lipinski definition) is 0. The first-order chi connectivity index (χ1) is 25.8. The van der Waals surface area contributed by atoms with E-state index in [9.17, 15) is 0 Å². The van der Waals surface area contributed by atoms with E-state index in [1.807, 2.05) is 36.4 Å². The molecule has 4 nitrogen and oxygen atoms in total. The van der Waals surface area contributed by atoms with Gasteiger partial charge in [0.1, 0.15) is 11.1 Å². The average Bonchev–Trinajstić information content (AvgIpc) is 3.89. The standard InChI is InChI=1S/C49H36N2O2/c1-48(2)38-18-10-8-15-32(38)34-23-21-30(25-40(34)48)51(31-22-24-35-33-16-9-11-19-39(33)49(3,4)41(35)26-31)43-20-12-17-36-37-27-45-42(28-44(37)52-46(36)43)50-47(53-45)29-13-6-5-7-14-29/h5-28H,1-4H3. The summed E-state index contributed by atoms with van der Waals surface area (Å²) in [5.41, 5.74) is 17.6. The predicted molar refractivity (Wildman–Crippen MR) is 217 cm³/mol. The predicted octanol–water partition coefficient (Wildman–Crippen LogP) is 13.5. The molecule has 0 saturated carbocycles. The summed E-state index contributed by atoms with van der Waals surface area (Å²) >= 11 is 0. The van der Waals surface area contributed by atoms with Gasteiger partial charge in [0, 0.05) is 44.6 Å². The molecule has 0 bridgehead atoms. The van der Waals surface area contributed by atoms with Gasteiger partial charge in [0.15, 0.2) is 11.2 Å². The molecule has 2 aliphatic rings. The van der Waals surface area contributed by atoms with E-state index in [2.05, 4.69) is 142 Å². The molecule has 0 unspecified atom stereocenters. The van der Waals surface area contributed by atoms with E-state index >= 15 is 0 Å². The van der Waals surface area contributed by atoms with Crippen LogP contribution in [0, 0.1) is 0 Å². The van der Waals surface area contributed by atoms with Crippen molar-refractivity contribution in [1.29, 1.82) is 0 Å². The maximum absolute atomic E-state index is 6.88. The fourth-order valence-electron chi connectivity index (χ4n) is 9.17. The monoisotopic (exact) mass is 684 g/mol. The van der Waals surface area contributed by atoms with Crippen molar-refractivity contribution in [1.82, 2.24) is 4.98 Å². The van der Waals surface area contributed by atoms with Crippen LogP contribution in [-0.2, 0) is 10.8 Å². The molecular formula is C49H36N2O2. The van der Waals surface area contributed by atoms with Crippen LogP contribution in [0.25, 0.3) is 66.7 Å². The smallest absolute Gasteiger partial charge is 0.227 e. The Balaban J connectivity index is 1.13. The first kappa shape index (κ1) is 30.3. The normalized spacial score (nSPS) is 14.7. The average molecular weight is 685 g/mol. The number of oxazole rings is 1. The molecule has 53 heavy (non-hydrogen) atoms. The number of benzene rings is 7. The van der Waals surface area contributed by atoms with Gasteiger partial charge < -0.3 is 13.7 Å². The largest absolute Gasteiger partial charge is 0.454 e. The zero-order chi connectivity index (χ0) is 35.6. The second-order valence-corrected chi connectivity index (χ2v) is 15.6. The van der Waals surface area contributed by atoms with Crippen LogP contribution in [0.5, 0.6) is 0 Å². The minimum atomic E-state index is -0.139. The topological polar surface area (TPSA) is 42.4 Å². The van der Waals surface area contributed by atoms with E-state index in [1.54, 1.807) is 0 Å². The zero-order valence-corrected chi connectivity index (χ0v) is 30.1. The fourth-order valence-corrected chi connectivity index (χ4v) is 9.17. The summed E-state index contributed by atoms with van der Waals surface area (Å²) in [6.07, 6.45) is 0. The summed E-state index contributed by atoms with van der Waals surface area (Å²) < 4.78 is 13.2. The third kappa shape index (κ3) is 4.21. The van der Waals surface area contributed by atoms with Crippen LogP contribution < -0.4 is 4.90 Å². The SMILES string of the molecule is CC1(C)c2ccccc2-c2ccc(N(c3ccc4c(c3)C(C)(C)c3ccccc3-4)c3cccc4c3oc3cc5nc(-c6ccccc6)oc5cc34)cc21. The Morgan fingerprint density at radius 1 is 0.472 bits per heavy atom. The minimum Gasteiger partial charge on any atom is -0.454 e. The van der Waals surface area contributed by atoms with Crippen LogP contribution in [0.15, 0.2) is 154 Å². The van der Waals surface area contributed by atoms with Crippen LogP contribution in [0.1, 0.15) is 49.9 Å². The molecule has 0 aliphatic heterocycles. The van der Waals surface area contributed by atoms with Crippen molar-refractivity contribution in [3.63, 3.8) is 0 Å². The van der Waals surface area contributed by atoms with Gasteiger partial charge in [-0.1, -0.05) is 119 Å². The summed E-state index contributed by atoms with van der Waals surface area (Å²) in [4.78, 5) is 7.23. The maximum Gasteiger partial charge on any atom is 0.227 e. The highest BCUT2D eigenvalue weighted by Gasteiger charge is 2.38. The van der Waals surface area contributed by atoms with Crippen molar-refractivity contribution < 1.29 is 8.83 Å². The molecule has 0 saturated heterocycles. The summed E-state index contributed by atoms with van der Waals surface area (Å²) in [6.45, 7) is 9.36. The number of rotatable bonds is 4. The number of nitrogens with zero attached hydrogens (tertiary/aromatic N) is 2. The van der Waals surface area contributed by atoms with Crippen LogP contribution >= 0.6 is 0 Å². The summed E-state index contributed by atoms with van der Waals surface area (Å²) in [7, 11) is 0. The number of fused-ring (bicyclic) bond motifs is 10. The van der Waals surface area contributed by atoms with Crippen molar-refractivity contribution in [2.24, 2.45) is 0 Å². The van der Waals surface area contributed by atoms with Crippen LogP contribution in [-0.4, -0.2) is 4.98 Å². The van der Waals surface area contributed by atoms with Gasteiger partial charge in [-0.25, -0.2) is 4.98 Å². The number of anilines is 3. The minimum absolute atomic E-state index is 0.139. The van der Waals surface area contributed by atoms with E-state index in [-0.39, 0.29) is 10.8 Å². The Bertz CT molecular complexity index is 2860. The van der Waals surface area contributed by atoms with E-state index in [1.165, 1.54) is 44.5 Å². The molecule has 0 atom stereocenters. The van der Waals surface area contributed by atoms with Crippen LogP contribution in [0.2, 0.25) is 0 Å². The summed E-state index contributed by atoms with van der Waals surface area (Å²) in [6, 6.07) is 52.2. The highest BCUT2D eigenvalue weighted by molar-refractivity contribution is 6.13. The Morgan fingerprint density at radius 2 is 1.06 bits per heavy atom. The van der Waals surface area contributed by atoms with Crippen LogP contribution in [0.4, 0.5) is 17.1 Å². The van der Waals surface area contributed by atoms with Gasteiger partial charge in [-0.05, 0) is 93.0 Å². The molecule has 9 aromatic rings. The number of para-hydroxylation sites is 1. The quantitative estimate of drug-likeness (QED) is 0.185. The molecule has 254 valence electrons. The van der Waals surface area contributed by atoms with Crippen molar-refractivity contribution in [3.05, 3.63) is 168 Å². The molecule has 0 fully saturated rings. The Morgan fingerprint density at radius 3 is 1.70 bits per heavy atom. The molecule has 4 heteroatoms. The lowest BCUT2D eigenvalue weighted by molar-refractivity contribution is 0.620. The Kier molecular flexibility index (Phi) is 6.04. The number of aromatic nitrogens is 1. The molecule has 11 rings (SSSR count). The highest BCUT2D eigenvalue weighted by atomic mass is 16.4. The first-order valence-corrected chi connectivity index (χ1v) is 18.4. The van der Waals surface area contributed by atoms with Crippen molar-refractivity contribution in [2.75, 3.05) is 4.90 Å². The van der Waals surface area contributed by atoms with Gasteiger partial charge in [0.25, 0.3) is 0 Å². The third-order valence-electron chi connectivity index (χ3n) is 11.9. The van der Waals surface area contributed by atoms with Gasteiger partial charge in [-0.3, -0.25) is 0 Å². The first-order valence-electron chi connectivity index (χ1n) is 18.4. The summed E-state index contributed by atoms with van der Waals surface area (Å²) in [5.74, 6) is 0.604. The Labute approximate surface area is 308 Å². The Hall–Kier alpha value is -6.39. The van der Waals surface area contributed by atoms with Crippen molar-refractivity contribution >= 4 is 50.1 Å². The number of hydrogen-bond acceptors (Lipinski definition) is 4.